The highest BCUT2D eigenvalue weighted by Crippen LogP contribution is 2.51. The summed E-state index contributed by atoms with van der Waals surface area (Å²) in [6.07, 6.45) is 4.84. The van der Waals surface area contributed by atoms with E-state index in [0.29, 0.717) is 5.02 Å². The first-order valence-electron chi connectivity index (χ1n) is 6.71. The predicted octanol–water partition coefficient (Wildman–Crippen LogP) is 4.15. The maximum atomic E-state index is 13.1. The second-order valence-electron chi connectivity index (χ2n) is 5.50. The molecule has 0 aromatic heterocycles. The van der Waals surface area contributed by atoms with Crippen LogP contribution in [0.1, 0.15) is 38.2 Å². The fourth-order valence-corrected chi connectivity index (χ4v) is 3.74. The van der Waals surface area contributed by atoms with E-state index in [1.54, 1.807) is 0 Å². The highest BCUT2D eigenvalue weighted by molar-refractivity contribution is 6.31. The number of likely N-dealkylation sites (N-methyl/N-ethyl adjacent to an activating group) is 1. The largest absolute Gasteiger partial charge is 0.319 e. The van der Waals surface area contributed by atoms with Gasteiger partial charge < -0.3 is 5.32 Å². The molecule has 2 rings (SSSR count). The molecule has 18 heavy (non-hydrogen) atoms. The molecule has 0 radical (unpaired) electrons. The van der Waals surface area contributed by atoms with Crippen molar-refractivity contribution in [2.24, 2.45) is 5.92 Å². The van der Waals surface area contributed by atoms with Crippen molar-refractivity contribution < 1.29 is 4.39 Å². The Bertz CT molecular complexity index is 413. The van der Waals surface area contributed by atoms with Crippen LogP contribution in [0, 0.1) is 11.7 Å². The van der Waals surface area contributed by atoms with Gasteiger partial charge in [0.15, 0.2) is 0 Å². The van der Waals surface area contributed by atoms with Crippen molar-refractivity contribution in [3.63, 3.8) is 0 Å². The molecule has 0 unspecified atom stereocenters. The third-order valence-corrected chi connectivity index (χ3v) is 4.39. The van der Waals surface area contributed by atoms with E-state index >= 15 is 0 Å². The van der Waals surface area contributed by atoms with Gasteiger partial charge in [-0.2, -0.15) is 0 Å². The summed E-state index contributed by atoms with van der Waals surface area (Å²) in [4.78, 5) is 0. The van der Waals surface area contributed by atoms with Crippen LogP contribution in [-0.2, 0) is 5.41 Å². The summed E-state index contributed by atoms with van der Waals surface area (Å²) in [5.74, 6) is 0.539. The summed E-state index contributed by atoms with van der Waals surface area (Å²) in [5.41, 5.74) is 1.21. The zero-order valence-corrected chi connectivity index (χ0v) is 11.9. The van der Waals surface area contributed by atoms with E-state index in [0.717, 1.165) is 30.9 Å². The lowest BCUT2D eigenvalue weighted by Crippen LogP contribution is -2.48. The van der Waals surface area contributed by atoms with Gasteiger partial charge in [-0.1, -0.05) is 37.4 Å². The topological polar surface area (TPSA) is 12.0 Å². The van der Waals surface area contributed by atoms with Crippen LogP contribution >= 0.6 is 11.6 Å². The quantitative estimate of drug-likeness (QED) is 0.847. The van der Waals surface area contributed by atoms with Gasteiger partial charge in [0.25, 0.3) is 0 Å². The van der Waals surface area contributed by atoms with Crippen molar-refractivity contribution >= 4 is 11.6 Å². The van der Waals surface area contributed by atoms with Crippen LogP contribution in [0.5, 0.6) is 0 Å². The second kappa shape index (κ2) is 5.58. The Morgan fingerprint density at radius 1 is 1.44 bits per heavy atom. The number of nitrogens with one attached hydrogen (secondary N) is 1. The molecule has 0 atom stereocenters. The van der Waals surface area contributed by atoms with Crippen LogP contribution in [0.15, 0.2) is 18.2 Å². The minimum Gasteiger partial charge on any atom is -0.319 e. The average Bonchev–Trinajstić information content (AvgIpc) is 2.26. The number of hydrogen-bond acceptors (Lipinski definition) is 1. The lowest BCUT2D eigenvalue weighted by molar-refractivity contribution is 0.131. The Morgan fingerprint density at radius 3 is 2.72 bits per heavy atom. The lowest BCUT2D eigenvalue weighted by Gasteiger charge is -2.49. The van der Waals surface area contributed by atoms with Gasteiger partial charge in [-0.25, -0.2) is 4.39 Å². The molecule has 0 spiro atoms. The standard InChI is InChI=1S/C15H21ClFN/c1-3-4-11-8-15(9-11,10-18-2)13-6-5-12(17)7-14(13)16/h5-7,11,18H,3-4,8-10H2,1-2H3. The minimum absolute atomic E-state index is 0.110. The van der Waals surface area contributed by atoms with Gasteiger partial charge in [0.1, 0.15) is 5.82 Å². The molecule has 0 aliphatic heterocycles. The first-order chi connectivity index (χ1) is 8.61. The van der Waals surface area contributed by atoms with Crippen LogP contribution in [-0.4, -0.2) is 13.6 Å². The fourth-order valence-electron chi connectivity index (χ4n) is 3.38. The molecule has 0 heterocycles. The van der Waals surface area contributed by atoms with E-state index in [9.17, 15) is 4.39 Å². The lowest BCUT2D eigenvalue weighted by atomic mass is 9.57. The molecule has 3 heteroatoms. The van der Waals surface area contributed by atoms with E-state index in [2.05, 4.69) is 12.2 Å². The SMILES string of the molecule is CCCC1CC(CNC)(c2ccc(F)cc2Cl)C1. The molecule has 1 aliphatic rings. The molecule has 1 N–H and O–H groups in total. The average molecular weight is 270 g/mol. The summed E-state index contributed by atoms with van der Waals surface area (Å²) < 4.78 is 13.1. The number of benzene rings is 1. The summed E-state index contributed by atoms with van der Waals surface area (Å²) in [7, 11) is 1.96. The zero-order valence-electron chi connectivity index (χ0n) is 11.1. The normalized spacial score (nSPS) is 27.0. The summed E-state index contributed by atoms with van der Waals surface area (Å²) in [6, 6.07) is 4.81. The van der Waals surface area contributed by atoms with Gasteiger partial charge in [0, 0.05) is 17.0 Å². The van der Waals surface area contributed by atoms with Gasteiger partial charge in [0.2, 0.25) is 0 Å². The first-order valence-corrected chi connectivity index (χ1v) is 7.09. The Labute approximate surface area is 114 Å². The highest BCUT2D eigenvalue weighted by atomic mass is 35.5. The van der Waals surface area contributed by atoms with Crippen LogP contribution in [0.3, 0.4) is 0 Å². The molecule has 1 aromatic carbocycles. The van der Waals surface area contributed by atoms with E-state index in [1.165, 1.54) is 25.0 Å². The molecule has 1 aliphatic carbocycles. The second-order valence-corrected chi connectivity index (χ2v) is 5.90. The zero-order chi connectivity index (χ0) is 13.2. The van der Waals surface area contributed by atoms with E-state index in [-0.39, 0.29) is 11.2 Å². The third-order valence-electron chi connectivity index (χ3n) is 4.07. The van der Waals surface area contributed by atoms with Crippen molar-refractivity contribution in [1.29, 1.82) is 0 Å². The van der Waals surface area contributed by atoms with E-state index < -0.39 is 0 Å². The minimum atomic E-state index is -0.257. The van der Waals surface area contributed by atoms with Crippen LogP contribution in [0.2, 0.25) is 5.02 Å². The molecule has 1 aromatic rings. The van der Waals surface area contributed by atoms with Crippen molar-refractivity contribution in [1.82, 2.24) is 5.32 Å². The van der Waals surface area contributed by atoms with Crippen molar-refractivity contribution in [3.8, 4) is 0 Å². The fraction of sp³-hybridized carbons (Fsp3) is 0.600. The molecular weight excluding hydrogens is 249 g/mol. The summed E-state index contributed by atoms with van der Waals surface area (Å²) >= 11 is 6.22. The molecule has 0 saturated heterocycles. The first kappa shape index (κ1) is 13.8. The van der Waals surface area contributed by atoms with Gasteiger partial charge >= 0.3 is 0 Å². The maximum absolute atomic E-state index is 13.1. The van der Waals surface area contributed by atoms with Gasteiger partial charge in [0.05, 0.1) is 0 Å². The summed E-state index contributed by atoms with van der Waals surface area (Å²) in [5, 5.41) is 3.83. The Kier molecular flexibility index (Phi) is 4.29. The summed E-state index contributed by atoms with van der Waals surface area (Å²) in [6.45, 7) is 3.14. The number of rotatable bonds is 5. The maximum Gasteiger partial charge on any atom is 0.124 e. The van der Waals surface area contributed by atoms with Gasteiger partial charge in [-0.05, 0) is 43.5 Å². The van der Waals surface area contributed by atoms with Crippen LogP contribution < -0.4 is 5.32 Å². The van der Waals surface area contributed by atoms with Crippen LogP contribution in [0.4, 0.5) is 4.39 Å². The van der Waals surface area contributed by atoms with E-state index in [1.807, 2.05) is 13.1 Å². The third kappa shape index (κ3) is 2.55. The Hall–Kier alpha value is -0.600. The van der Waals surface area contributed by atoms with Crippen molar-refractivity contribution in [2.75, 3.05) is 13.6 Å². The molecular formula is C15H21ClFN. The van der Waals surface area contributed by atoms with Crippen molar-refractivity contribution in [3.05, 3.63) is 34.6 Å². The predicted molar refractivity (Wildman–Crippen MR) is 74.6 cm³/mol. The van der Waals surface area contributed by atoms with Gasteiger partial charge in [-0.15, -0.1) is 0 Å². The van der Waals surface area contributed by atoms with E-state index in [4.69, 9.17) is 11.6 Å². The molecule has 100 valence electrons. The van der Waals surface area contributed by atoms with Gasteiger partial charge in [-0.3, -0.25) is 0 Å². The van der Waals surface area contributed by atoms with Crippen LogP contribution in [0.25, 0.3) is 0 Å². The molecule has 1 saturated carbocycles. The van der Waals surface area contributed by atoms with Crippen molar-refractivity contribution in [2.45, 2.75) is 38.0 Å². The smallest absolute Gasteiger partial charge is 0.124 e. The molecule has 1 fully saturated rings. The Morgan fingerprint density at radius 2 is 2.17 bits per heavy atom. The molecule has 0 bridgehead atoms. The molecule has 0 amide bonds. The number of halogens is 2. The monoisotopic (exact) mass is 269 g/mol. The number of hydrogen-bond donors (Lipinski definition) is 1. The highest BCUT2D eigenvalue weighted by Gasteiger charge is 2.45. The Balaban J connectivity index is 2.21. The molecule has 1 nitrogen and oxygen atoms in total.